The molecule has 0 aliphatic heterocycles. The molecule has 1 N–H and O–H groups in total. The number of carbonyl (C=O) groups is 1. The van der Waals surface area contributed by atoms with E-state index in [0.29, 0.717) is 16.5 Å². The standard InChI is InChI=1S/C21H16Cl2N2O2/c1-11-5-16-13(9-20(11)27-2)6-14(21(16)26)7-15-10-19(25-24-15)12-3-4-17(22)18(23)8-12/h3-5,7-10H,6H2,1-2H3,(H,24,25)/b14-7+. The zero-order chi connectivity index (χ0) is 19.1. The zero-order valence-corrected chi connectivity index (χ0v) is 16.3. The van der Waals surface area contributed by atoms with Crippen molar-refractivity contribution in [2.24, 2.45) is 0 Å². The van der Waals surface area contributed by atoms with Crippen molar-refractivity contribution in [3.8, 4) is 17.0 Å². The van der Waals surface area contributed by atoms with Crippen molar-refractivity contribution < 1.29 is 9.53 Å². The minimum absolute atomic E-state index is 0.0430. The first-order valence-electron chi connectivity index (χ1n) is 8.40. The van der Waals surface area contributed by atoms with Gasteiger partial charge in [-0.25, -0.2) is 0 Å². The number of nitrogens with one attached hydrogen (secondary N) is 1. The molecule has 3 aromatic rings. The number of halogens is 2. The predicted octanol–water partition coefficient (Wildman–Crippen LogP) is 5.52. The molecule has 0 radical (unpaired) electrons. The Bertz CT molecular complexity index is 1100. The lowest BCUT2D eigenvalue weighted by Gasteiger charge is -2.06. The number of rotatable bonds is 3. The van der Waals surface area contributed by atoms with E-state index in [1.54, 1.807) is 19.2 Å². The van der Waals surface area contributed by atoms with Crippen LogP contribution in [0.25, 0.3) is 17.3 Å². The van der Waals surface area contributed by atoms with Gasteiger partial charge in [0.15, 0.2) is 5.78 Å². The third-order valence-electron chi connectivity index (χ3n) is 4.68. The minimum Gasteiger partial charge on any atom is -0.496 e. The number of aromatic amines is 1. The normalized spacial score (nSPS) is 14.7. The van der Waals surface area contributed by atoms with Crippen LogP contribution in [-0.4, -0.2) is 23.1 Å². The quantitative estimate of drug-likeness (QED) is 0.590. The number of hydrogen-bond acceptors (Lipinski definition) is 3. The Hall–Kier alpha value is -2.56. The van der Waals surface area contributed by atoms with Gasteiger partial charge in [0.25, 0.3) is 0 Å². The summed E-state index contributed by atoms with van der Waals surface area (Å²) in [6, 6.07) is 11.1. The average Bonchev–Trinajstić information content (AvgIpc) is 3.23. The molecule has 0 saturated heterocycles. The second-order valence-electron chi connectivity index (χ2n) is 6.49. The Morgan fingerprint density at radius 2 is 1.96 bits per heavy atom. The molecule has 0 amide bonds. The van der Waals surface area contributed by atoms with E-state index in [9.17, 15) is 4.79 Å². The topological polar surface area (TPSA) is 55.0 Å². The van der Waals surface area contributed by atoms with Gasteiger partial charge in [-0.2, -0.15) is 5.10 Å². The van der Waals surface area contributed by atoms with Crippen molar-refractivity contribution >= 4 is 35.1 Å². The number of allylic oxidation sites excluding steroid dienone is 1. The number of H-pyrrole nitrogens is 1. The first-order valence-corrected chi connectivity index (χ1v) is 9.15. The maximum atomic E-state index is 12.7. The fourth-order valence-electron chi connectivity index (χ4n) is 3.28. The lowest BCUT2D eigenvalue weighted by atomic mass is 10.1. The van der Waals surface area contributed by atoms with Crippen LogP contribution in [0.4, 0.5) is 0 Å². The summed E-state index contributed by atoms with van der Waals surface area (Å²) in [5, 5.41) is 8.25. The molecule has 0 saturated carbocycles. The Morgan fingerprint density at radius 1 is 1.15 bits per heavy atom. The van der Waals surface area contributed by atoms with Crippen LogP contribution < -0.4 is 4.74 Å². The lowest BCUT2D eigenvalue weighted by Crippen LogP contribution is -1.97. The number of Topliss-reactive ketones (excluding diaryl/α,β-unsaturated/α-hetero) is 1. The number of methoxy groups -OCH3 is 1. The van der Waals surface area contributed by atoms with Gasteiger partial charge in [-0.05, 0) is 54.5 Å². The Labute approximate surface area is 166 Å². The number of ether oxygens (including phenoxy) is 1. The van der Waals surface area contributed by atoms with Gasteiger partial charge in [-0.1, -0.05) is 29.3 Å². The van der Waals surface area contributed by atoms with Crippen molar-refractivity contribution in [2.75, 3.05) is 7.11 Å². The highest BCUT2D eigenvalue weighted by atomic mass is 35.5. The molecule has 6 heteroatoms. The van der Waals surface area contributed by atoms with Crippen molar-refractivity contribution in [3.63, 3.8) is 0 Å². The van der Waals surface area contributed by atoms with E-state index in [0.717, 1.165) is 45.0 Å². The van der Waals surface area contributed by atoms with Crippen LogP contribution in [0, 0.1) is 6.92 Å². The van der Waals surface area contributed by atoms with E-state index in [4.69, 9.17) is 27.9 Å². The number of ketones is 1. The lowest BCUT2D eigenvalue weighted by molar-refractivity contribution is 0.104. The third kappa shape index (κ3) is 3.27. The Kier molecular flexibility index (Phi) is 4.54. The van der Waals surface area contributed by atoms with Gasteiger partial charge < -0.3 is 4.74 Å². The fourth-order valence-corrected chi connectivity index (χ4v) is 3.58. The van der Waals surface area contributed by atoms with E-state index in [2.05, 4.69) is 10.2 Å². The van der Waals surface area contributed by atoms with E-state index in [-0.39, 0.29) is 5.78 Å². The number of aryl methyl sites for hydroxylation is 1. The van der Waals surface area contributed by atoms with Crippen LogP contribution in [0.3, 0.4) is 0 Å². The van der Waals surface area contributed by atoms with Crippen LogP contribution in [0.1, 0.15) is 27.2 Å². The molecule has 27 heavy (non-hydrogen) atoms. The van der Waals surface area contributed by atoms with Crippen LogP contribution in [0.5, 0.6) is 5.75 Å². The second kappa shape index (κ2) is 6.87. The summed E-state index contributed by atoms with van der Waals surface area (Å²) < 4.78 is 5.36. The molecule has 0 bridgehead atoms. The summed E-state index contributed by atoms with van der Waals surface area (Å²) in [7, 11) is 1.64. The van der Waals surface area contributed by atoms with Gasteiger partial charge >= 0.3 is 0 Å². The van der Waals surface area contributed by atoms with Crippen molar-refractivity contribution in [1.82, 2.24) is 10.2 Å². The zero-order valence-electron chi connectivity index (χ0n) is 14.8. The van der Waals surface area contributed by atoms with Gasteiger partial charge in [0.1, 0.15) is 5.75 Å². The van der Waals surface area contributed by atoms with E-state index in [1.165, 1.54) is 0 Å². The molecule has 1 aliphatic carbocycles. The molecule has 0 atom stereocenters. The second-order valence-corrected chi connectivity index (χ2v) is 7.31. The molecule has 136 valence electrons. The number of aromatic nitrogens is 2. The first kappa shape index (κ1) is 17.8. The van der Waals surface area contributed by atoms with Gasteiger partial charge in [-0.3, -0.25) is 9.89 Å². The maximum absolute atomic E-state index is 12.7. The van der Waals surface area contributed by atoms with Crippen LogP contribution in [0.15, 0.2) is 42.0 Å². The number of carbonyl (C=O) groups excluding carboxylic acids is 1. The molecular weight excluding hydrogens is 383 g/mol. The number of hydrogen-bond donors (Lipinski definition) is 1. The third-order valence-corrected chi connectivity index (χ3v) is 5.42. The maximum Gasteiger partial charge on any atom is 0.189 e. The Morgan fingerprint density at radius 3 is 2.70 bits per heavy atom. The van der Waals surface area contributed by atoms with Crippen molar-refractivity contribution in [1.29, 1.82) is 0 Å². The largest absolute Gasteiger partial charge is 0.496 e. The predicted molar refractivity (Wildman–Crippen MR) is 108 cm³/mol. The summed E-state index contributed by atoms with van der Waals surface area (Å²) in [5.41, 5.74) is 5.75. The molecular formula is C21H16Cl2N2O2. The molecule has 1 aliphatic rings. The highest BCUT2D eigenvalue weighted by Gasteiger charge is 2.26. The summed E-state index contributed by atoms with van der Waals surface area (Å²) in [6.45, 7) is 1.94. The molecule has 0 fully saturated rings. The van der Waals surface area contributed by atoms with Gasteiger partial charge in [0.2, 0.25) is 0 Å². The molecule has 4 nitrogen and oxygen atoms in total. The number of fused-ring (bicyclic) bond motifs is 1. The number of nitrogens with zero attached hydrogens (tertiary/aromatic N) is 1. The minimum atomic E-state index is 0.0430. The summed E-state index contributed by atoms with van der Waals surface area (Å²) in [5.74, 6) is 0.840. The highest BCUT2D eigenvalue weighted by molar-refractivity contribution is 6.42. The summed E-state index contributed by atoms with van der Waals surface area (Å²) >= 11 is 12.0. The fraction of sp³-hybridized carbons (Fsp3) is 0.143. The molecule has 2 aromatic carbocycles. The summed E-state index contributed by atoms with van der Waals surface area (Å²) in [4.78, 5) is 12.7. The average molecular weight is 399 g/mol. The van der Waals surface area contributed by atoms with E-state index in [1.807, 2.05) is 37.3 Å². The summed E-state index contributed by atoms with van der Waals surface area (Å²) in [6.07, 6.45) is 2.42. The van der Waals surface area contributed by atoms with Crippen LogP contribution >= 0.6 is 23.2 Å². The van der Waals surface area contributed by atoms with Crippen molar-refractivity contribution in [3.05, 3.63) is 74.4 Å². The van der Waals surface area contributed by atoms with Crippen molar-refractivity contribution in [2.45, 2.75) is 13.3 Å². The van der Waals surface area contributed by atoms with Crippen LogP contribution in [-0.2, 0) is 6.42 Å². The van der Waals surface area contributed by atoms with Crippen LogP contribution in [0.2, 0.25) is 10.0 Å². The molecule has 0 unspecified atom stereocenters. The molecule has 1 heterocycles. The monoisotopic (exact) mass is 398 g/mol. The van der Waals surface area contributed by atoms with Gasteiger partial charge in [0.05, 0.1) is 28.5 Å². The molecule has 4 rings (SSSR count). The Balaban J connectivity index is 1.64. The SMILES string of the molecule is COc1cc2c(cc1C)C(=O)/C(=C/c1cc(-c3ccc(Cl)c(Cl)c3)n[nH]1)C2. The van der Waals surface area contributed by atoms with E-state index < -0.39 is 0 Å². The number of benzene rings is 2. The molecule has 1 aromatic heterocycles. The van der Waals surface area contributed by atoms with Gasteiger partial charge in [0, 0.05) is 23.1 Å². The smallest absolute Gasteiger partial charge is 0.189 e. The molecule has 0 spiro atoms. The van der Waals surface area contributed by atoms with E-state index >= 15 is 0 Å². The highest BCUT2D eigenvalue weighted by Crippen LogP contribution is 2.33. The first-order chi connectivity index (χ1) is 13.0. The van der Waals surface area contributed by atoms with Gasteiger partial charge in [-0.15, -0.1) is 0 Å².